The van der Waals surface area contributed by atoms with Crippen LogP contribution in [0.25, 0.3) is 32.7 Å². The van der Waals surface area contributed by atoms with Crippen molar-refractivity contribution in [3.8, 4) is 22.5 Å². The van der Waals surface area contributed by atoms with Crippen LogP contribution in [-0.4, -0.2) is 19.3 Å². The highest BCUT2D eigenvalue weighted by Gasteiger charge is 2.15. The van der Waals surface area contributed by atoms with E-state index in [0.29, 0.717) is 0 Å². The predicted molar refractivity (Wildman–Crippen MR) is 88.6 cm³/mol. The Morgan fingerprint density at radius 1 is 1.09 bits per heavy atom. The van der Waals surface area contributed by atoms with E-state index in [2.05, 4.69) is 14.3 Å². The first-order valence-corrected chi connectivity index (χ1v) is 7.79. The maximum Gasteiger partial charge on any atom is 0.144 e. The summed E-state index contributed by atoms with van der Waals surface area (Å²) in [5.41, 5.74) is 4.21. The van der Waals surface area contributed by atoms with Gasteiger partial charge in [0.2, 0.25) is 0 Å². The van der Waals surface area contributed by atoms with Gasteiger partial charge >= 0.3 is 0 Å². The molecule has 4 aromatic rings. The lowest BCUT2D eigenvalue weighted by atomic mass is 10.0. The molecule has 6 heteroatoms. The molecule has 3 heterocycles. The Balaban J connectivity index is 2.02. The Kier molecular flexibility index (Phi) is 3.31. The summed E-state index contributed by atoms with van der Waals surface area (Å²) in [5, 5.41) is 1.01. The van der Waals surface area contributed by atoms with Gasteiger partial charge < -0.3 is 0 Å². The highest BCUT2D eigenvalue weighted by atomic mass is 32.1. The van der Waals surface area contributed by atoms with Gasteiger partial charge in [0.05, 0.1) is 17.1 Å². The van der Waals surface area contributed by atoms with Crippen LogP contribution in [0.2, 0.25) is 0 Å². The van der Waals surface area contributed by atoms with Gasteiger partial charge in [0.1, 0.15) is 17.0 Å². The van der Waals surface area contributed by atoms with Crippen LogP contribution < -0.4 is 0 Å². The smallest absolute Gasteiger partial charge is 0.144 e. The van der Waals surface area contributed by atoms with Crippen LogP contribution in [-0.2, 0) is 0 Å². The van der Waals surface area contributed by atoms with Gasteiger partial charge in [-0.05, 0) is 54.9 Å². The van der Waals surface area contributed by atoms with Crippen molar-refractivity contribution in [3.05, 3.63) is 60.4 Å². The first-order valence-electron chi connectivity index (χ1n) is 7.02. The summed E-state index contributed by atoms with van der Waals surface area (Å²) in [5.74, 6) is -0.271. The van der Waals surface area contributed by atoms with Gasteiger partial charge in [-0.15, -0.1) is 0 Å². The summed E-state index contributed by atoms with van der Waals surface area (Å²) in [6, 6.07) is 10.2. The minimum Gasteiger partial charge on any atom is -0.245 e. The normalized spacial score (nSPS) is 11.0. The number of nitrogens with zero attached hydrogens (tertiary/aromatic N) is 4. The van der Waals surface area contributed by atoms with Crippen molar-refractivity contribution in [2.24, 2.45) is 0 Å². The fourth-order valence-corrected chi connectivity index (χ4v) is 3.22. The molecule has 0 aliphatic rings. The molecule has 0 amide bonds. The molecule has 0 N–H and O–H groups in total. The van der Waals surface area contributed by atoms with E-state index in [-0.39, 0.29) is 5.82 Å². The van der Waals surface area contributed by atoms with E-state index in [0.717, 1.165) is 38.4 Å². The van der Waals surface area contributed by atoms with Gasteiger partial charge in [-0.1, -0.05) is 0 Å². The van der Waals surface area contributed by atoms with Gasteiger partial charge in [0, 0.05) is 22.7 Å². The Morgan fingerprint density at radius 2 is 1.91 bits per heavy atom. The first-order chi connectivity index (χ1) is 11.2. The van der Waals surface area contributed by atoms with Crippen LogP contribution in [0.3, 0.4) is 0 Å². The van der Waals surface area contributed by atoms with Crippen LogP contribution in [0.15, 0.2) is 48.9 Å². The summed E-state index contributed by atoms with van der Waals surface area (Å²) in [6.07, 6.45) is 3.20. The predicted octanol–water partition coefficient (Wildman–Crippen LogP) is 4.26. The third-order valence-corrected chi connectivity index (χ3v) is 4.47. The number of fused-ring (bicyclic) bond motifs is 1. The number of pyridine rings is 1. The van der Waals surface area contributed by atoms with Gasteiger partial charge in [-0.2, -0.15) is 4.37 Å². The van der Waals surface area contributed by atoms with Crippen LogP contribution >= 0.6 is 11.5 Å². The minimum absolute atomic E-state index is 0.271. The van der Waals surface area contributed by atoms with Crippen molar-refractivity contribution in [1.29, 1.82) is 0 Å². The van der Waals surface area contributed by atoms with E-state index in [4.69, 9.17) is 4.98 Å². The molecule has 0 atom stereocenters. The molecule has 0 radical (unpaired) electrons. The Labute approximate surface area is 135 Å². The standard InChI is InChI=1S/C17H11FN4S/c1-10-13-8-14(15-6-7-19-9-20-15)16(21-17(13)23-22-10)11-2-4-12(18)5-3-11/h2-9H,1H3. The molecule has 3 aromatic heterocycles. The van der Waals surface area contributed by atoms with E-state index in [1.54, 1.807) is 18.3 Å². The lowest BCUT2D eigenvalue weighted by molar-refractivity contribution is 0.628. The van der Waals surface area contributed by atoms with E-state index >= 15 is 0 Å². The quantitative estimate of drug-likeness (QED) is 0.553. The molecule has 1 aromatic carbocycles. The van der Waals surface area contributed by atoms with Gasteiger partial charge in [-0.3, -0.25) is 0 Å². The van der Waals surface area contributed by atoms with E-state index in [1.165, 1.54) is 30.0 Å². The zero-order chi connectivity index (χ0) is 15.8. The average molecular weight is 322 g/mol. The zero-order valence-corrected chi connectivity index (χ0v) is 13.0. The molecule has 0 spiro atoms. The molecule has 23 heavy (non-hydrogen) atoms. The molecule has 0 saturated carbocycles. The van der Waals surface area contributed by atoms with Crippen molar-refractivity contribution in [2.75, 3.05) is 0 Å². The monoisotopic (exact) mass is 322 g/mol. The number of hydrogen-bond donors (Lipinski definition) is 0. The summed E-state index contributed by atoms with van der Waals surface area (Å²) >= 11 is 1.36. The minimum atomic E-state index is -0.271. The number of aryl methyl sites for hydroxylation is 1. The number of halogens is 1. The molecule has 112 valence electrons. The number of hydrogen-bond acceptors (Lipinski definition) is 5. The average Bonchev–Trinajstić information content (AvgIpc) is 2.96. The molecule has 0 unspecified atom stereocenters. The van der Waals surface area contributed by atoms with E-state index in [1.807, 2.05) is 19.1 Å². The van der Waals surface area contributed by atoms with Gasteiger partial charge in [0.25, 0.3) is 0 Å². The van der Waals surface area contributed by atoms with Crippen LogP contribution in [0.1, 0.15) is 5.69 Å². The topological polar surface area (TPSA) is 51.6 Å². The Morgan fingerprint density at radius 3 is 2.65 bits per heavy atom. The largest absolute Gasteiger partial charge is 0.245 e. The fraction of sp³-hybridized carbons (Fsp3) is 0.0588. The maximum absolute atomic E-state index is 13.2. The number of aromatic nitrogens is 4. The van der Waals surface area contributed by atoms with Crippen LogP contribution in [0.5, 0.6) is 0 Å². The first kappa shape index (κ1) is 13.9. The highest BCUT2D eigenvalue weighted by Crippen LogP contribution is 2.34. The fourth-order valence-electron chi connectivity index (χ4n) is 2.46. The van der Waals surface area contributed by atoms with E-state index < -0.39 is 0 Å². The maximum atomic E-state index is 13.2. The summed E-state index contributed by atoms with van der Waals surface area (Å²) in [7, 11) is 0. The molecule has 4 rings (SSSR count). The summed E-state index contributed by atoms with van der Waals surface area (Å²) < 4.78 is 17.6. The van der Waals surface area contributed by atoms with Crippen molar-refractivity contribution in [3.63, 3.8) is 0 Å². The molecule has 4 nitrogen and oxygen atoms in total. The number of benzene rings is 1. The van der Waals surface area contributed by atoms with Gasteiger partial charge in [-0.25, -0.2) is 19.3 Å². The molecule has 0 saturated heterocycles. The van der Waals surface area contributed by atoms with Crippen LogP contribution in [0.4, 0.5) is 4.39 Å². The van der Waals surface area contributed by atoms with Crippen molar-refractivity contribution in [2.45, 2.75) is 6.92 Å². The second kappa shape index (κ2) is 5.48. The van der Waals surface area contributed by atoms with Crippen molar-refractivity contribution < 1.29 is 4.39 Å². The Hall–Kier alpha value is -2.73. The second-order valence-corrected chi connectivity index (χ2v) is 5.86. The number of rotatable bonds is 2. The van der Waals surface area contributed by atoms with Crippen molar-refractivity contribution in [1.82, 2.24) is 19.3 Å². The third kappa shape index (κ3) is 2.47. The highest BCUT2D eigenvalue weighted by molar-refractivity contribution is 7.12. The lowest BCUT2D eigenvalue weighted by Crippen LogP contribution is -1.92. The zero-order valence-electron chi connectivity index (χ0n) is 12.2. The lowest BCUT2D eigenvalue weighted by Gasteiger charge is -2.09. The van der Waals surface area contributed by atoms with Crippen molar-refractivity contribution >= 4 is 21.7 Å². The second-order valence-electron chi connectivity index (χ2n) is 5.11. The SMILES string of the molecule is Cc1nsc2nc(-c3ccc(F)cc3)c(-c3ccncn3)cc12. The molecule has 0 fully saturated rings. The summed E-state index contributed by atoms with van der Waals surface area (Å²) in [4.78, 5) is 13.9. The Bertz CT molecular complexity index is 981. The third-order valence-electron chi connectivity index (χ3n) is 3.62. The molecular weight excluding hydrogens is 311 g/mol. The van der Waals surface area contributed by atoms with Crippen LogP contribution in [0, 0.1) is 12.7 Å². The molecular formula is C17H11FN4S. The molecule has 0 bridgehead atoms. The molecule has 0 aliphatic heterocycles. The van der Waals surface area contributed by atoms with Gasteiger partial charge in [0.15, 0.2) is 0 Å². The molecule has 0 aliphatic carbocycles. The van der Waals surface area contributed by atoms with E-state index in [9.17, 15) is 4.39 Å². The summed E-state index contributed by atoms with van der Waals surface area (Å²) in [6.45, 7) is 1.96.